The lowest BCUT2D eigenvalue weighted by Crippen LogP contribution is -2.49. The highest BCUT2D eigenvalue weighted by Crippen LogP contribution is 2.30. The first-order chi connectivity index (χ1) is 15.1. The smallest absolute Gasteiger partial charge is 0.251 e. The van der Waals surface area contributed by atoms with Crippen molar-refractivity contribution >= 4 is 5.91 Å². The number of aromatic nitrogens is 2. The van der Waals surface area contributed by atoms with Gasteiger partial charge in [0.05, 0.1) is 18.2 Å². The maximum Gasteiger partial charge on any atom is 0.251 e. The maximum absolute atomic E-state index is 12.8. The SMILES string of the molecule is Cc1nccn1[C@@H]1CCC[C@@H](NC(=O)c2ccc(OCCN3CCCCC3)cc2)[C@H]1O. The fourth-order valence-electron chi connectivity index (χ4n) is 4.79. The normalized spacial score (nSPS) is 24.6. The van der Waals surface area contributed by atoms with Crippen molar-refractivity contribution in [1.82, 2.24) is 19.8 Å². The zero-order chi connectivity index (χ0) is 21.6. The first-order valence-corrected chi connectivity index (χ1v) is 11.6. The average Bonchev–Trinajstić information content (AvgIpc) is 3.22. The van der Waals surface area contributed by atoms with Gasteiger partial charge in [-0.1, -0.05) is 6.42 Å². The topological polar surface area (TPSA) is 79.6 Å². The summed E-state index contributed by atoms with van der Waals surface area (Å²) in [4.78, 5) is 19.5. The van der Waals surface area contributed by atoms with Gasteiger partial charge in [-0.05, 0) is 76.4 Å². The minimum absolute atomic E-state index is 0.0581. The summed E-state index contributed by atoms with van der Waals surface area (Å²) >= 11 is 0. The summed E-state index contributed by atoms with van der Waals surface area (Å²) in [6.07, 6.45) is 9.52. The van der Waals surface area contributed by atoms with Crippen molar-refractivity contribution in [3.05, 3.63) is 48.0 Å². The Balaban J connectivity index is 1.28. The molecule has 2 heterocycles. The van der Waals surface area contributed by atoms with E-state index in [-0.39, 0.29) is 18.0 Å². The molecule has 1 aliphatic carbocycles. The van der Waals surface area contributed by atoms with Gasteiger partial charge in [-0.15, -0.1) is 0 Å². The predicted molar refractivity (Wildman–Crippen MR) is 119 cm³/mol. The minimum atomic E-state index is -0.636. The summed E-state index contributed by atoms with van der Waals surface area (Å²) in [5.41, 5.74) is 0.580. The number of hydrogen-bond donors (Lipinski definition) is 2. The van der Waals surface area contributed by atoms with Crippen LogP contribution in [0.25, 0.3) is 0 Å². The summed E-state index contributed by atoms with van der Waals surface area (Å²) in [5, 5.41) is 13.9. The number of aliphatic hydroxyl groups is 1. The molecule has 3 atom stereocenters. The lowest BCUT2D eigenvalue weighted by atomic mass is 9.87. The van der Waals surface area contributed by atoms with E-state index in [1.165, 1.54) is 19.3 Å². The van der Waals surface area contributed by atoms with E-state index in [2.05, 4.69) is 15.2 Å². The molecule has 168 valence electrons. The van der Waals surface area contributed by atoms with E-state index in [1.54, 1.807) is 18.3 Å². The number of nitrogens with zero attached hydrogens (tertiary/aromatic N) is 3. The highest BCUT2D eigenvalue weighted by Gasteiger charge is 2.34. The van der Waals surface area contributed by atoms with Gasteiger partial charge in [0.2, 0.25) is 0 Å². The van der Waals surface area contributed by atoms with Gasteiger partial charge in [0.25, 0.3) is 5.91 Å². The largest absolute Gasteiger partial charge is 0.492 e. The van der Waals surface area contributed by atoms with Gasteiger partial charge in [-0.25, -0.2) is 4.98 Å². The number of nitrogens with one attached hydrogen (secondary N) is 1. The molecule has 7 heteroatoms. The second kappa shape index (κ2) is 10.3. The Labute approximate surface area is 184 Å². The van der Waals surface area contributed by atoms with E-state index in [0.29, 0.717) is 12.2 Å². The molecule has 2 aliphatic rings. The zero-order valence-electron chi connectivity index (χ0n) is 18.4. The van der Waals surface area contributed by atoms with E-state index >= 15 is 0 Å². The van der Waals surface area contributed by atoms with E-state index in [1.807, 2.05) is 29.8 Å². The van der Waals surface area contributed by atoms with Crippen LogP contribution in [0.3, 0.4) is 0 Å². The number of ether oxygens (including phenoxy) is 1. The number of aryl methyl sites for hydroxylation is 1. The van der Waals surface area contributed by atoms with Crippen LogP contribution in [-0.2, 0) is 0 Å². The Morgan fingerprint density at radius 3 is 2.65 bits per heavy atom. The van der Waals surface area contributed by atoms with Gasteiger partial charge in [0.15, 0.2) is 0 Å². The molecular formula is C24H34N4O3. The van der Waals surface area contributed by atoms with E-state index in [4.69, 9.17) is 4.74 Å². The predicted octanol–water partition coefficient (Wildman–Crippen LogP) is 2.94. The third kappa shape index (κ3) is 5.46. The zero-order valence-corrected chi connectivity index (χ0v) is 18.4. The molecule has 0 bridgehead atoms. The van der Waals surface area contributed by atoms with E-state index < -0.39 is 6.10 Å². The molecule has 1 aromatic carbocycles. The first-order valence-electron chi connectivity index (χ1n) is 11.6. The third-order valence-electron chi connectivity index (χ3n) is 6.60. The molecule has 1 amide bonds. The van der Waals surface area contributed by atoms with Gasteiger partial charge in [0.1, 0.15) is 18.2 Å². The molecule has 2 fully saturated rings. The number of likely N-dealkylation sites (tertiary alicyclic amines) is 1. The van der Waals surface area contributed by atoms with Crippen LogP contribution in [0.4, 0.5) is 0 Å². The van der Waals surface area contributed by atoms with Crippen LogP contribution in [0, 0.1) is 6.92 Å². The Bertz CT molecular complexity index is 845. The Morgan fingerprint density at radius 2 is 1.94 bits per heavy atom. The van der Waals surface area contributed by atoms with E-state index in [9.17, 15) is 9.90 Å². The number of rotatable bonds is 7. The van der Waals surface area contributed by atoms with Crippen molar-refractivity contribution in [1.29, 1.82) is 0 Å². The third-order valence-corrected chi connectivity index (χ3v) is 6.60. The van der Waals surface area contributed by atoms with Crippen LogP contribution in [0.5, 0.6) is 5.75 Å². The monoisotopic (exact) mass is 426 g/mol. The number of amides is 1. The second-order valence-electron chi connectivity index (χ2n) is 8.73. The summed E-state index contributed by atoms with van der Waals surface area (Å²) in [7, 11) is 0. The number of carbonyl (C=O) groups is 1. The van der Waals surface area contributed by atoms with Crippen LogP contribution < -0.4 is 10.1 Å². The van der Waals surface area contributed by atoms with Crippen LogP contribution in [0.15, 0.2) is 36.7 Å². The summed E-state index contributed by atoms with van der Waals surface area (Å²) < 4.78 is 7.87. The molecule has 1 aromatic heterocycles. The quantitative estimate of drug-likeness (QED) is 0.712. The van der Waals surface area contributed by atoms with E-state index in [0.717, 1.165) is 50.5 Å². The standard InChI is InChI=1S/C24H34N4O3/c1-18-25-12-15-28(18)22-7-5-6-21(23(22)29)26-24(30)19-8-10-20(11-9-19)31-17-16-27-13-3-2-4-14-27/h8-12,15,21-23,29H,2-7,13-14,16-17H2,1H3,(H,26,30)/t21-,22-,23-/m1/s1. The molecule has 1 aliphatic heterocycles. The van der Waals surface area contributed by atoms with Crippen LogP contribution in [0.1, 0.15) is 60.7 Å². The number of carbonyl (C=O) groups excluding carboxylic acids is 1. The second-order valence-corrected chi connectivity index (χ2v) is 8.73. The van der Waals surface area contributed by atoms with Crippen molar-refractivity contribution in [3.8, 4) is 5.75 Å². The Morgan fingerprint density at radius 1 is 1.16 bits per heavy atom. The maximum atomic E-state index is 12.8. The van der Waals surface area contributed by atoms with Crippen molar-refractivity contribution < 1.29 is 14.6 Å². The van der Waals surface area contributed by atoms with Crippen molar-refractivity contribution in [2.75, 3.05) is 26.2 Å². The molecular weight excluding hydrogens is 392 g/mol. The van der Waals surface area contributed by atoms with Gasteiger partial charge in [-0.2, -0.15) is 0 Å². The van der Waals surface area contributed by atoms with Gasteiger partial charge >= 0.3 is 0 Å². The summed E-state index contributed by atoms with van der Waals surface area (Å²) in [6.45, 7) is 5.87. The lowest BCUT2D eigenvalue weighted by Gasteiger charge is -2.36. The minimum Gasteiger partial charge on any atom is -0.492 e. The summed E-state index contributed by atoms with van der Waals surface area (Å²) in [6, 6.07) is 6.95. The van der Waals surface area contributed by atoms with Crippen LogP contribution in [-0.4, -0.2) is 63.9 Å². The van der Waals surface area contributed by atoms with Crippen molar-refractivity contribution in [3.63, 3.8) is 0 Å². The van der Waals surface area contributed by atoms with Crippen molar-refractivity contribution in [2.45, 2.75) is 63.6 Å². The highest BCUT2D eigenvalue weighted by molar-refractivity contribution is 5.94. The van der Waals surface area contributed by atoms with Crippen LogP contribution >= 0.6 is 0 Å². The number of piperidine rings is 1. The molecule has 0 spiro atoms. The van der Waals surface area contributed by atoms with Crippen LogP contribution in [0.2, 0.25) is 0 Å². The lowest BCUT2D eigenvalue weighted by molar-refractivity contribution is 0.0392. The fourth-order valence-corrected chi connectivity index (χ4v) is 4.79. The van der Waals surface area contributed by atoms with Gasteiger partial charge in [-0.3, -0.25) is 9.69 Å². The molecule has 0 radical (unpaired) electrons. The molecule has 2 aromatic rings. The number of aliphatic hydroxyl groups excluding tert-OH is 1. The molecule has 4 rings (SSSR count). The molecule has 0 unspecified atom stereocenters. The van der Waals surface area contributed by atoms with Crippen molar-refractivity contribution in [2.24, 2.45) is 0 Å². The Hall–Kier alpha value is -2.38. The number of hydrogen-bond acceptors (Lipinski definition) is 5. The van der Waals surface area contributed by atoms with Gasteiger partial charge < -0.3 is 19.7 Å². The molecule has 1 saturated heterocycles. The van der Waals surface area contributed by atoms with Gasteiger partial charge in [0, 0.05) is 24.5 Å². The molecule has 31 heavy (non-hydrogen) atoms. The molecule has 1 saturated carbocycles. The average molecular weight is 427 g/mol. The molecule has 2 N–H and O–H groups in total. The first kappa shape index (κ1) is 21.8. The number of benzene rings is 1. The number of imidazole rings is 1. The Kier molecular flexibility index (Phi) is 7.25. The molecule has 7 nitrogen and oxygen atoms in total. The fraction of sp³-hybridized carbons (Fsp3) is 0.583. The summed E-state index contributed by atoms with van der Waals surface area (Å²) in [5.74, 6) is 1.50. The highest BCUT2D eigenvalue weighted by atomic mass is 16.5.